The van der Waals surface area contributed by atoms with Crippen molar-refractivity contribution in [3.63, 3.8) is 0 Å². The Hall–Kier alpha value is -0.730. The highest BCUT2D eigenvalue weighted by Crippen LogP contribution is 2.07. The van der Waals surface area contributed by atoms with Gasteiger partial charge in [-0.3, -0.25) is 4.99 Å². The minimum Gasteiger partial charge on any atom is -0.444 e. The molecule has 0 aromatic carbocycles. The summed E-state index contributed by atoms with van der Waals surface area (Å²) in [5, 5.41) is 5.95. The number of nitrogens with two attached hydrogens (primary N) is 1. The highest BCUT2D eigenvalue weighted by molar-refractivity contribution is 14.0. The molecule has 7 heteroatoms. The maximum atomic E-state index is 11.8. The van der Waals surface area contributed by atoms with Crippen molar-refractivity contribution in [2.75, 3.05) is 6.54 Å². The fourth-order valence-corrected chi connectivity index (χ4v) is 1.64. The second-order valence-electron chi connectivity index (χ2n) is 6.31. The highest BCUT2D eigenvalue weighted by Gasteiger charge is 2.19. The van der Waals surface area contributed by atoms with Crippen molar-refractivity contribution >= 4 is 36.0 Å². The summed E-state index contributed by atoms with van der Waals surface area (Å²) in [7, 11) is 0. The van der Waals surface area contributed by atoms with Gasteiger partial charge in [0.1, 0.15) is 5.60 Å². The van der Waals surface area contributed by atoms with Crippen LogP contribution in [-0.2, 0) is 4.74 Å². The molecule has 0 aliphatic rings. The van der Waals surface area contributed by atoms with E-state index < -0.39 is 11.7 Å². The largest absolute Gasteiger partial charge is 0.444 e. The lowest BCUT2D eigenvalue weighted by Crippen LogP contribution is -2.42. The standard InChI is InChI=1S/C15H32N4O2.HI/c1-7-9-12(19-14(20)21-15(4,5)6)10-17-13(16)18-11(3)8-2;/h11-12H,7-10H2,1-6H3,(H,19,20)(H3,16,17,18);1H. The monoisotopic (exact) mass is 428 g/mol. The van der Waals surface area contributed by atoms with E-state index in [0.717, 1.165) is 19.3 Å². The molecule has 0 fully saturated rings. The van der Waals surface area contributed by atoms with E-state index in [1.807, 2.05) is 27.7 Å². The number of hydrogen-bond donors (Lipinski definition) is 3. The van der Waals surface area contributed by atoms with Gasteiger partial charge in [0.05, 0.1) is 12.6 Å². The number of carbonyl (C=O) groups excluding carboxylic acids is 1. The van der Waals surface area contributed by atoms with Gasteiger partial charge in [0.15, 0.2) is 5.96 Å². The predicted octanol–water partition coefficient (Wildman–Crippen LogP) is 3.00. The third-order valence-corrected chi connectivity index (χ3v) is 2.85. The van der Waals surface area contributed by atoms with Crippen LogP contribution in [0, 0.1) is 0 Å². The summed E-state index contributed by atoms with van der Waals surface area (Å²) in [6.07, 6.45) is 2.35. The number of guanidine groups is 1. The van der Waals surface area contributed by atoms with Crippen LogP contribution < -0.4 is 16.4 Å². The zero-order valence-corrected chi connectivity index (χ0v) is 17.1. The number of nitrogens with zero attached hydrogens (tertiary/aromatic N) is 1. The molecule has 6 nitrogen and oxygen atoms in total. The summed E-state index contributed by atoms with van der Waals surface area (Å²) in [6, 6.07) is 0.222. The molecular formula is C15H33IN4O2. The van der Waals surface area contributed by atoms with Gasteiger partial charge in [0.25, 0.3) is 0 Å². The first-order valence-corrected chi connectivity index (χ1v) is 7.73. The first-order valence-electron chi connectivity index (χ1n) is 7.73. The molecule has 0 radical (unpaired) electrons. The van der Waals surface area contributed by atoms with Crippen molar-refractivity contribution in [1.82, 2.24) is 10.6 Å². The Labute approximate surface area is 152 Å². The van der Waals surface area contributed by atoms with Crippen LogP contribution in [0.3, 0.4) is 0 Å². The maximum Gasteiger partial charge on any atom is 0.407 e. The first kappa shape index (κ1) is 23.5. The Morgan fingerprint density at radius 2 is 1.86 bits per heavy atom. The van der Waals surface area contributed by atoms with Crippen LogP contribution in [0.1, 0.15) is 60.8 Å². The van der Waals surface area contributed by atoms with Crippen molar-refractivity contribution in [3.8, 4) is 0 Å². The third-order valence-electron chi connectivity index (χ3n) is 2.85. The molecule has 0 aromatic heterocycles. The van der Waals surface area contributed by atoms with Crippen LogP contribution in [0.25, 0.3) is 0 Å². The van der Waals surface area contributed by atoms with Crippen LogP contribution in [0.15, 0.2) is 4.99 Å². The van der Waals surface area contributed by atoms with E-state index in [2.05, 4.69) is 29.5 Å². The lowest BCUT2D eigenvalue weighted by atomic mass is 10.1. The topological polar surface area (TPSA) is 88.7 Å². The first-order chi connectivity index (χ1) is 9.67. The molecule has 0 aliphatic heterocycles. The van der Waals surface area contributed by atoms with E-state index in [4.69, 9.17) is 10.5 Å². The van der Waals surface area contributed by atoms with E-state index in [1.165, 1.54) is 0 Å². The number of rotatable bonds is 7. The molecule has 1 amide bonds. The second kappa shape index (κ2) is 11.8. The fourth-order valence-electron chi connectivity index (χ4n) is 1.64. The fraction of sp³-hybridized carbons (Fsp3) is 0.867. The van der Waals surface area contributed by atoms with Crippen molar-refractivity contribution in [2.24, 2.45) is 10.7 Å². The van der Waals surface area contributed by atoms with E-state index in [-0.39, 0.29) is 36.1 Å². The highest BCUT2D eigenvalue weighted by atomic mass is 127. The summed E-state index contributed by atoms with van der Waals surface area (Å²) in [5.41, 5.74) is 5.32. The molecule has 0 bridgehead atoms. The van der Waals surface area contributed by atoms with E-state index in [1.54, 1.807) is 0 Å². The van der Waals surface area contributed by atoms with Crippen LogP contribution in [0.5, 0.6) is 0 Å². The molecule has 2 atom stereocenters. The van der Waals surface area contributed by atoms with Crippen LogP contribution in [-0.4, -0.2) is 36.3 Å². The summed E-state index contributed by atoms with van der Waals surface area (Å²) < 4.78 is 5.26. The molecule has 0 spiro atoms. The van der Waals surface area contributed by atoms with Gasteiger partial charge in [-0.1, -0.05) is 20.3 Å². The normalized spacial score (nSPS) is 14.5. The van der Waals surface area contributed by atoms with E-state index >= 15 is 0 Å². The molecule has 0 saturated heterocycles. The molecule has 22 heavy (non-hydrogen) atoms. The van der Waals surface area contributed by atoms with E-state index in [0.29, 0.717) is 12.5 Å². The van der Waals surface area contributed by atoms with Crippen LogP contribution >= 0.6 is 24.0 Å². The average Bonchev–Trinajstić information content (AvgIpc) is 2.33. The molecule has 0 heterocycles. The van der Waals surface area contributed by atoms with Gasteiger partial charge in [-0.05, 0) is 40.5 Å². The van der Waals surface area contributed by atoms with E-state index in [9.17, 15) is 4.79 Å². The minimum absolute atomic E-state index is 0. The molecule has 2 unspecified atom stereocenters. The number of alkyl carbamates (subject to hydrolysis) is 1. The number of halogens is 1. The van der Waals surface area contributed by atoms with Gasteiger partial charge in [0.2, 0.25) is 0 Å². The molecule has 0 aromatic rings. The van der Waals surface area contributed by atoms with Gasteiger partial charge in [-0.15, -0.1) is 24.0 Å². The number of carbonyl (C=O) groups is 1. The number of nitrogens with one attached hydrogen (secondary N) is 2. The number of amides is 1. The Kier molecular flexibility index (Phi) is 12.6. The molecular weight excluding hydrogens is 395 g/mol. The molecule has 0 rings (SSSR count). The summed E-state index contributed by atoms with van der Waals surface area (Å²) in [4.78, 5) is 16.1. The molecule has 132 valence electrons. The van der Waals surface area contributed by atoms with Crippen molar-refractivity contribution in [2.45, 2.75) is 78.5 Å². The summed E-state index contributed by atoms with van der Waals surface area (Å²) in [6.45, 7) is 12.2. The zero-order valence-electron chi connectivity index (χ0n) is 14.7. The third kappa shape index (κ3) is 13.0. The molecule has 0 saturated carbocycles. The number of ether oxygens (including phenoxy) is 1. The number of hydrogen-bond acceptors (Lipinski definition) is 3. The van der Waals surface area contributed by atoms with Gasteiger partial charge in [0, 0.05) is 6.04 Å². The Balaban J connectivity index is 0. The van der Waals surface area contributed by atoms with Crippen molar-refractivity contribution in [1.29, 1.82) is 0 Å². The average molecular weight is 428 g/mol. The Bertz CT molecular complexity index is 343. The molecule has 4 N–H and O–H groups in total. The molecule has 0 aliphatic carbocycles. The van der Waals surface area contributed by atoms with Crippen LogP contribution in [0.4, 0.5) is 4.79 Å². The van der Waals surface area contributed by atoms with Crippen LogP contribution in [0.2, 0.25) is 0 Å². The summed E-state index contributed by atoms with van der Waals surface area (Å²) >= 11 is 0. The smallest absolute Gasteiger partial charge is 0.407 e. The zero-order chi connectivity index (χ0) is 16.5. The predicted molar refractivity (Wildman–Crippen MR) is 103 cm³/mol. The summed E-state index contributed by atoms with van der Waals surface area (Å²) in [5.74, 6) is 0.413. The maximum absolute atomic E-state index is 11.8. The van der Waals surface area contributed by atoms with Crippen molar-refractivity contribution < 1.29 is 9.53 Å². The Morgan fingerprint density at radius 3 is 2.32 bits per heavy atom. The van der Waals surface area contributed by atoms with Gasteiger partial charge >= 0.3 is 6.09 Å². The van der Waals surface area contributed by atoms with Gasteiger partial charge in [-0.2, -0.15) is 0 Å². The SMILES string of the molecule is CCCC(CN=C(N)NC(C)CC)NC(=O)OC(C)(C)C.I. The van der Waals surface area contributed by atoms with Crippen molar-refractivity contribution in [3.05, 3.63) is 0 Å². The lowest BCUT2D eigenvalue weighted by molar-refractivity contribution is 0.0503. The number of aliphatic imine (C=N–C) groups is 1. The second-order valence-corrected chi connectivity index (χ2v) is 6.31. The minimum atomic E-state index is -0.499. The van der Waals surface area contributed by atoms with Gasteiger partial charge < -0.3 is 21.1 Å². The quantitative estimate of drug-likeness (QED) is 0.331. The Morgan fingerprint density at radius 1 is 1.27 bits per heavy atom. The lowest BCUT2D eigenvalue weighted by Gasteiger charge is -2.23. The van der Waals surface area contributed by atoms with Gasteiger partial charge in [-0.25, -0.2) is 4.79 Å².